The van der Waals surface area contributed by atoms with Gasteiger partial charge in [0.1, 0.15) is 0 Å². The smallest absolute Gasteiger partial charge is 0.0443 e. The fourth-order valence-corrected chi connectivity index (χ4v) is 5.79. The summed E-state index contributed by atoms with van der Waals surface area (Å²) in [5.41, 5.74) is 2.79. The maximum Gasteiger partial charge on any atom is 0.0443 e. The van der Waals surface area contributed by atoms with Gasteiger partial charge in [0, 0.05) is 66.1 Å². The minimum atomic E-state index is 0.278. The number of piperazine rings is 1. The van der Waals surface area contributed by atoms with Crippen molar-refractivity contribution in [3.8, 4) is 0 Å². The summed E-state index contributed by atoms with van der Waals surface area (Å²) in [6.45, 7) is 7.86. The summed E-state index contributed by atoms with van der Waals surface area (Å²) in [6, 6.07) is 15.5. The van der Waals surface area contributed by atoms with Crippen molar-refractivity contribution in [1.82, 2.24) is 9.80 Å². The first-order valence-electron chi connectivity index (χ1n) is 9.81. The Morgan fingerprint density at radius 3 is 2.56 bits per heavy atom. The van der Waals surface area contributed by atoms with E-state index in [1.54, 1.807) is 0 Å². The molecule has 0 saturated carbocycles. The minimum Gasteiger partial charge on any atom is -0.396 e. The van der Waals surface area contributed by atoms with Crippen molar-refractivity contribution >= 4 is 23.4 Å². The Balaban J connectivity index is 1.65. The van der Waals surface area contributed by atoms with Crippen molar-refractivity contribution in [3.63, 3.8) is 0 Å². The monoisotopic (exact) mass is 402 g/mol. The van der Waals surface area contributed by atoms with E-state index in [1.165, 1.54) is 20.9 Å². The highest BCUT2D eigenvalue weighted by molar-refractivity contribution is 7.99. The van der Waals surface area contributed by atoms with E-state index >= 15 is 0 Å². The van der Waals surface area contributed by atoms with Crippen molar-refractivity contribution in [2.75, 3.05) is 39.3 Å². The van der Waals surface area contributed by atoms with E-state index in [0.29, 0.717) is 12.0 Å². The molecule has 0 radical (unpaired) electrons. The van der Waals surface area contributed by atoms with Crippen LogP contribution in [0.4, 0.5) is 0 Å². The molecule has 0 bridgehead atoms. The lowest BCUT2D eigenvalue weighted by molar-refractivity contribution is 0.0809. The quantitative estimate of drug-likeness (QED) is 0.805. The van der Waals surface area contributed by atoms with Crippen LogP contribution >= 0.6 is 23.4 Å². The second-order valence-corrected chi connectivity index (χ2v) is 9.03. The Kier molecular flexibility index (Phi) is 6.10. The Morgan fingerprint density at radius 1 is 1.04 bits per heavy atom. The predicted molar refractivity (Wildman–Crippen MR) is 113 cm³/mol. The number of aliphatic hydroxyl groups excluding tert-OH is 1. The Bertz CT molecular complexity index is 792. The molecule has 2 aliphatic rings. The molecule has 1 saturated heterocycles. The van der Waals surface area contributed by atoms with E-state index in [2.05, 4.69) is 53.1 Å². The third kappa shape index (κ3) is 4.06. The summed E-state index contributed by atoms with van der Waals surface area (Å²) in [5, 5.41) is 9.91. The molecular weight excluding hydrogens is 376 g/mol. The fourth-order valence-electron chi connectivity index (χ4n) is 4.42. The van der Waals surface area contributed by atoms with Gasteiger partial charge in [-0.2, -0.15) is 0 Å². The summed E-state index contributed by atoms with van der Waals surface area (Å²) in [4.78, 5) is 7.79. The first-order chi connectivity index (χ1) is 13.2. The second-order valence-electron chi connectivity index (χ2n) is 7.51. The van der Waals surface area contributed by atoms with Crippen molar-refractivity contribution < 1.29 is 5.11 Å². The molecule has 4 rings (SSSR count). The van der Waals surface area contributed by atoms with Crippen LogP contribution in [-0.4, -0.2) is 54.2 Å². The lowest BCUT2D eigenvalue weighted by atomic mass is 9.87. The SMILES string of the molecule is CC1c2ccccc2Sc2ccc(Cl)cc2C1N1CCN(CCCO)CC1. The van der Waals surface area contributed by atoms with Crippen LogP contribution in [0.15, 0.2) is 52.3 Å². The first-order valence-corrected chi connectivity index (χ1v) is 11.0. The Morgan fingerprint density at radius 2 is 1.78 bits per heavy atom. The van der Waals surface area contributed by atoms with E-state index in [1.807, 2.05) is 17.8 Å². The highest BCUT2D eigenvalue weighted by atomic mass is 35.5. The fraction of sp³-hybridized carbons (Fsp3) is 0.455. The van der Waals surface area contributed by atoms with E-state index in [9.17, 15) is 0 Å². The maximum atomic E-state index is 9.10. The van der Waals surface area contributed by atoms with Gasteiger partial charge in [-0.05, 0) is 41.8 Å². The molecule has 0 aliphatic carbocycles. The average molecular weight is 403 g/mol. The maximum absolute atomic E-state index is 9.10. The normalized spacial score (nSPS) is 23.5. The molecule has 2 aromatic rings. The van der Waals surface area contributed by atoms with Gasteiger partial charge in [-0.1, -0.05) is 48.5 Å². The highest BCUT2D eigenvalue weighted by Crippen LogP contribution is 2.49. The summed E-state index contributed by atoms with van der Waals surface area (Å²) in [6.07, 6.45) is 0.863. The van der Waals surface area contributed by atoms with Gasteiger partial charge in [-0.3, -0.25) is 4.90 Å². The third-order valence-corrected chi connectivity index (χ3v) is 7.24. The molecule has 0 spiro atoms. The van der Waals surface area contributed by atoms with Crippen LogP contribution in [0.1, 0.15) is 36.4 Å². The molecule has 2 unspecified atom stereocenters. The molecule has 2 atom stereocenters. The van der Waals surface area contributed by atoms with Crippen LogP contribution in [-0.2, 0) is 0 Å². The van der Waals surface area contributed by atoms with Crippen LogP contribution in [0.2, 0.25) is 5.02 Å². The van der Waals surface area contributed by atoms with Crippen LogP contribution in [0.25, 0.3) is 0 Å². The zero-order chi connectivity index (χ0) is 18.8. The zero-order valence-corrected chi connectivity index (χ0v) is 17.3. The first kappa shape index (κ1) is 19.3. The van der Waals surface area contributed by atoms with Gasteiger partial charge in [0.15, 0.2) is 0 Å². The predicted octanol–water partition coefficient (Wildman–Crippen LogP) is 4.65. The van der Waals surface area contributed by atoms with Crippen molar-refractivity contribution in [2.45, 2.75) is 35.1 Å². The van der Waals surface area contributed by atoms with Gasteiger partial charge in [-0.25, -0.2) is 0 Å². The molecule has 5 heteroatoms. The zero-order valence-electron chi connectivity index (χ0n) is 15.8. The van der Waals surface area contributed by atoms with Gasteiger partial charge in [0.2, 0.25) is 0 Å². The lowest BCUT2D eigenvalue weighted by Gasteiger charge is -2.42. The number of rotatable bonds is 4. The van der Waals surface area contributed by atoms with Crippen LogP contribution in [0.5, 0.6) is 0 Å². The lowest BCUT2D eigenvalue weighted by Crippen LogP contribution is -2.48. The van der Waals surface area contributed by atoms with E-state index in [4.69, 9.17) is 16.7 Å². The van der Waals surface area contributed by atoms with Crippen molar-refractivity contribution in [3.05, 3.63) is 58.6 Å². The number of fused-ring (bicyclic) bond motifs is 2. The van der Waals surface area contributed by atoms with E-state index in [-0.39, 0.29) is 6.61 Å². The molecule has 2 heterocycles. The highest BCUT2D eigenvalue weighted by Gasteiger charge is 2.34. The molecule has 2 aliphatic heterocycles. The number of aliphatic hydroxyl groups is 1. The molecule has 2 aromatic carbocycles. The number of halogens is 1. The molecule has 0 amide bonds. The minimum absolute atomic E-state index is 0.278. The average Bonchev–Trinajstić information content (AvgIpc) is 2.81. The molecule has 0 aromatic heterocycles. The summed E-state index contributed by atoms with van der Waals surface area (Å²) in [7, 11) is 0. The van der Waals surface area contributed by atoms with Gasteiger partial charge < -0.3 is 10.0 Å². The summed E-state index contributed by atoms with van der Waals surface area (Å²) >= 11 is 8.29. The molecule has 1 N–H and O–H groups in total. The van der Waals surface area contributed by atoms with Gasteiger partial charge in [0.05, 0.1) is 0 Å². The number of benzene rings is 2. The Hall–Kier alpha value is -1.04. The van der Waals surface area contributed by atoms with E-state index in [0.717, 1.165) is 44.2 Å². The topological polar surface area (TPSA) is 26.7 Å². The molecule has 27 heavy (non-hydrogen) atoms. The van der Waals surface area contributed by atoms with E-state index < -0.39 is 0 Å². The third-order valence-electron chi connectivity index (χ3n) is 5.83. The second kappa shape index (κ2) is 8.54. The largest absolute Gasteiger partial charge is 0.396 e. The van der Waals surface area contributed by atoms with Gasteiger partial charge >= 0.3 is 0 Å². The number of hydrogen-bond acceptors (Lipinski definition) is 4. The summed E-state index contributed by atoms with van der Waals surface area (Å²) < 4.78 is 0. The number of hydrogen-bond donors (Lipinski definition) is 1. The number of nitrogens with zero attached hydrogens (tertiary/aromatic N) is 2. The van der Waals surface area contributed by atoms with Crippen LogP contribution < -0.4 is 0 Å². The Labute approximate surface area is 171 Å². The van der Waals surface area contributed by atoms with Gasteiger partial charge in [-0.15, -0.1) is 0 Å². The van der Waals surface area contributed by atoms with Crippen molar-refractivity contribution in [1.29, 1.82) is 0 Å². The molecule has 1 fully saturated rings. The molecule has 144 valence electrons. The molecular formula is C22H27ClN2OS. The standard InChI is InChI=1S/C22H27ClN2OS/c1-16-18-5-2-3-6-20(18)27-21-8-7-17(23)15-19(21)22(16)25-12-10-24(11-13-25)9-4-14-26/h2-3,5-8,15-16,22,26H,4,9-14H2,1H3. The van der Waals surface area contributed by atoms with Crippen LogP contribution in [0.3, 0.4) is 0 Å². The van der Waals surface area contributed by atoms with Crippen LogP contribution in [0, 0.1) is 0 Å². The van der Waals surface area contributed by atoms with Crippen molar-refractivity contribution in [2.24, 2.45) is 0 Å². The van der Waals surface area contributed by atoms with Gasteiger partial charge in [0.25, 0.3) is 0 Å². The molecule has 3 nitrogen and oxygen atoms in total. The summed E-state index contributed by atoms with van der Waals surface area (Å²) in [5.74, 6) is 0.414.